The van der Waals surface area contributed by atoms with Crippen LogP contribution in [0, 0.1) is 0 Å². The Morgan fingerprint density at radius 2 is 1.63 bits per heavy atom. The van der Waals surface area contributed by atoms with Crippen molar-refractivity contribution in [3.8, 4) is 11.3 Å². The minimum Gasteiger partial charge on any atom is -0.358 e. The van der Waals surface area contributed by atoms with E-state index in [0.29, 0.717) is 10.7 Å². The number of nitrogens with one attached hydrogen (secondary N) is 1. The average Bonchev–Trinajstić information content (AvgIpc) is 3.03. The lowest BCUT2D eigenvalue weighted by atomic mass is 10.0. The summed E-state index contributed by atoms with van der Waals surface area (Å²) < 4.78 is 39.0. The molecule has 100 valence electrons. The van der Waals surface area contributed by atoms with Gasteiger partial charge in [-0.15, -0.1) is 0 Å². The molecule has 1 nitrogen and oxygen atoms in total. The third-order valence-corrected chi connectivity index (χ3v) is 3.90. The first-order valence-corrected chi connectivity index (χ1v) is 6.32. The van der Waals surface area contributed by atoms with Gasteiger partial charge < -0.3 is 4.98 Å². The number of aromatic nitrogens is 1. The monoisotopic (exact) mass is 285 g/mol. The van der Waals surface area contributed by atoms with Crippen LogP contribution in [0.25, 0.3) is 11.3 Å². The fraction of sp³-hybridized carbons (Fsp3) is 0.286. The third kappa shape index (κ3) is 2.04. The maximum Gasteiger partial charge on any atom is 0.399 e. The maximum atomic E-state index is 13.0. The Morgan fingerprint density at radius 3 is 2.16 bits per heavy atom. The van der Waals surface area contributed by atoms with Gasteiger partial charge in [0.2, 0.25) is 0 Å². The van der Waals surface area contributed by atoms with Gasteiger partial charge in [0, 0.05) is 16.4 Å². The first kappa shape index (κ1) is 12.6. The predicted molar refractivity (Wildman–Crippen MR) is 68.2 cm³/mol. The maximum absolute atomic E-state index is 13.0. The molecule has 1 aromatic heterocycles. The van der Waals surface area contributed by atoms with Crippen molar-refractivity contribution >= 4 is 11.6 Å². The number of halogens is 4. The van der Waals surface area contributed by atoms with E-state index in [1.165, 1.54) is 6.07 Å². The molecule has 0 saturated heterocycles. The first-order valence-electron chi connectivity index (χ1n) is 5.95. The lowest BCUT2D eigenvalue weighted by molar-refractivity contribution is -0.161. The number of hydrogen-bond acceptors (Lipinski definition) is 0. The SMILES string of the molecule is FC(F)(F)C1(c2ccc(-c3ccc(Cl)cc3)[nH]2)CC1. The molecule has 0 aliphatic heterocycles. The summed E-state index contributed by atoms with van der Waals surface area (Å²) in [5, 5.41) is 0.601. The van der Waals surface area contributed by atoms with E-state index in [2.05, 4.69) is 4.98 Å². The van der Waals surface area contributed by atoms with Gasteiger partial charge >= 0.3 is 6.18 Å². The fourth-order valence-corrected chi connectivity index (χ4v) is 2.43. The van der Waals surface area contributed by atoms with Crippen LogP contribution in [0.4, 0.5) is 13.2 Å². The van der Waals surface area contributed by atoms with Crippen LogP contribution >= 0.6 is 11.6 Å². The average molecular weight is 286 g/mol. The smallest absolute Gasteiger partial charge is 0.358 e. The Bertz CT molecular complexity index is 594. The van der Waals surface area contributed by atoms with E-state index in [4.69, 9.17) is 11.6 Å². The molecular weight excluding hydrogens is 275 g/mol. The molecule has 0 radical (unpaired) electrons. The highest BCUT2D eigenvalue weighted by Gasteiger charge is 2.65. The number of H-pyrrole nitrogens is 1. The summed E-state index contributed by atoms with van der Waals surface area (Å²) in [5.41, 5.74) is 0.110. The lowest BCUT2D eigenvalue weighted by Gasteiger charge is -2.17. The van der Waals surface area contributed by atoms with Gasteiger partial charge in [0.1, 0.15) is 5.41 Å². The molecule has 0 atom stereocenters. The van der Waals surface area contributed by atoms with Gasteiger partial charge in [-0.2, -0.15) is 13.2 Å². The van der Waals surface area contributed by atoms with Crippen LogP contribution in [0.2, 0.25) is 5.02 Å². The topological polar surface area (TPSA) is 15.8 Å². The quantitative estimate of drug-likeness (QED) is 0.805. The van der Waals surface area contributed by atoms with Gasteiger partial charge in [-0.1, -0.05) is 23.7 Å². The fourth-order valence-electron chi connectivity index (χ4n) is 2.30. The van der Waals surface area contributed by atoms with Crippen molar-refractivity contribution in [3.05, 3.63) is 47.1 Å². The van der Waals surface area contributed by atoms with Gasteiger partial charge in [-0.05, 0) is 42.7 Å². The van der Waals surface area contributed by atoms with E-state index in [-0.39, 0.29) is 18.5 Å². The first-order chi connectivity index (χ1) is 8.92. The zero-order chi connectivity index (χ0) is 13.7. The number of benzene rings is 1. The summed E-state index contributed by atoms with van der Waals surface area (Å²) in [6.07, 6.45) is -3.86. The molecule has 2 aromatic rings. The van der Waals surface area contributed by atoms with Crippen LogP contribution in [-0.4, -0.2) is 11.2 Å². The normalized spacial score (nSPS) is 17.5. The molecule has 0 spiro atoms. The summed E-state index contributed by atoms with van der Waals surface area (Å²) in [7, 11) is 0. The number of rotatable bonds is 2. The molecule has 1 saturated carbocycles. The largest absolute Gasteiger partial charge is 0.399 e. The minimum absolute atomic E-state index is 0.164. The lowest BCUT2D eigenvalue weighted by Crippen LogP contribution is -2.28. The summed E-state index contributed by atoms with van der Waals surface area (Å²) in [4.78, 5) is 2.90. The zero-order valence-corrected chi connectivity index (χ0v) is 10.6. The molecule has 0 amide bonds. The standard InChI is InChI=1S/C14H11ClF3N/c15-10-3-1-9(2-4-10)11-5-6-12(19-11)13(7-8-13)14(16,17)18/h1-6,19H,7-8H2. The van der Waals surface area contributed by atoms with Crippen molar-refractivity contribution in [1.29, 1.82) is 0 Å². The summed E-state index contributed by atoms with van der Waals surface area (Å²) in [5.74, 6) is 0. The van der Waals surface area contributed by atoms with Crippen LogP contribution in [-0.2, 0) is 5.41 Å². The van der Waals surface area contributed by atoms with Crippen molar-refractivity contribution in [2.45, 2.75) is 24.4 Å². The molecule has 1 aliphatic rings. The molecule has 1 heterocycles. The molecule has 1 aliphatic carbocycles. The second-order valence-corrected chi connectivity index (χ2v) is 5.31. The van der Waals surface area contributed by atoms with Crippen molar-refractivity contribution < 1.29 is 13.2 Å². The predicted octanol–water partition coefficient (Wildman–Crippen LogP) is 4.93. The molecule has 5 heteroatoms. The zero-order valence-electron chi connectivity index (χ0n) is 9.89. The summed E-state index contributed by atoms with van der Waals surface area (Å²) in [6, 6.07) is 10.2. The van der Waals surface area contributed by atoms with Gasteiger partial charge in [0.25, 0.3) is 0 Å². The van der Waals surface area contributed by atoms with Crippen molar-refractivity contribution in [2.24, 2.45) is 0 Å². The Hall–Kier alpha value is -1.42. The molecule has 1 aromatic carbocycles. The highest BCUT2D eigenvalue weighted by molar-refractivity contribution is 6.30. The third-order valence-electron chi connectivity index (χ3n) is 3.65. The minimum atomic E-state index is -4.19. The van der Waals surface area contributed by atoms with E-state index in [1.807, 2.05) is 0 Å². The van der Waals surface area contributed by atoms with Crippen LogP contribution < -0.4 is 0 Å². The number of aromatic amines is 1. The molecular formula is C14H11ClF3N. The molecule has 0 unspecified atom stereocenters. The second kappa shape index (κ2) is 4.04. The Kier molecular flexibility index (Phi) is 2.68. The van der Waals surface area contributed by atoms with Crippen LogP contribution in [0.1, 0.15) is 18.5 Å². The van der Waals surface area contributed by atoms with Gasteiger partial charge in [-0.25, -0.2) is 0 Å². The molecule has 19 heavy (non-hydrogen) atoms. The van der Waals surface area contributed by atoms with Crippen molar-refractivity contribution in [2.75, 3.05) is 0 Å². The number of alkyl halides is 3. The van der Waals surface area contributed by atoms with Gasteiger partial charge in [0.15, 0.2) is 0 Å². The highest BCUT2D eigenvalue weighted by atomic mass is 35.5. The van der Waals surface area contributed by atoms with Crippen molar-refractivity contribution in [1.82, 2.24) is 4.98 Å². The van der Waals surface area contributed by atoms with E-state index in [0.717, 1.165) is 5.56 Å². The van der Waals surface area contributed by atoms with E-state index >= 15 is 0 Å². The molecule has 3 rings (SSSR count). The molecule has 1 fully saturated rings. The van der Waals surface area contributed by atoms with E-state index in [9.17, 15) is 13.2 Å². The Balaban J connectivity index is 1.94. The molecule has 0 bridgehead atoms. The second-order valence-electron chi connectivity index (χ2n) is 4.87. The van der Waals surface area contributed by atoms with Crippen LogP contribution in [0.3, 0.4) is 0 Å². The van der Waals surface area contributed by atoms with Gasteiger partial charge in [-0.3, -0.25) is 0 Å². The van der Waals surface area contributed by atoms with E-state index < -0.39 is 11.6 Å². The van der Waals surface area contributed by atoms with Crippen LogP contribution in [0.5, 0.6) is 0 Å². The molecule has 1 N–H and O–H groups in total. The van der Waals surface area contributed by atoms with Crippen molar-refractivity contribution in [3.63, 3.8) is 0 Å². The Labute approximate surface area is 113 Å². The van der Waals surface area contributed by atoms with Crippen LogP contribution in [0.15, 0.2) is 36.4 Å². The van der Waals surface area contributed by atoms with Gasteiger partial charge in [0.05, 0.1) is 0 Å². The highest BCUT2D eigenvalue weighted by Crippen LogP contribution is 2.58. The summed E-state index contributed by atoms with van der Waals surface area (Å²) >= 11 is 5.79. The van der Waals surface area contributed by atoms with E-state index in [1.54, 1.807) is 30.3 Å². The number of hydrogen-bond donors (Lipinski definition) is 1. The summed E-state index contributed by atoms with van der Waals surface area (Å²) in [6.45, 7) is 0. The Morgan fingerprint density at radius 1 is 1.00 bits per heavy atom.